The Hall–Kier alpha value is -0.580. The number of rotatable bonds is 1. The van der Waals surface area contributed by atoms with E-state index in [1.807, 2.05) is 0 Å². The van der Waals surface area contributed by atoms with Gasteiger partial charge in [-0.15, -0.1) is 11.3 Å². The normalized spacial score (nSPS) is 20.2. The van der Waals surface area contributed by atoms with Crippen LogP contribution in [-0.4, -0.2) is 6.54 Å². The van der Waals surface area contributed by atoms with Gasteiger partial charge in [0.1, 0.15) is 5.76 Å². The molecule has 2 aromatic rings. The summed E-state index contributed by atoms with van der Waals surface area (Å²) in [5.74, 6) is 1.12. The Morgan fingerprint density at radius 2 is 2.40 bits per heavy atom. The van der Waals surface area contributed by atoms with E-state index in [9.17, 15) is 0 Å². The van der Waals surface area contributed by atoms with Gasteiger partial charge in [-0.3, -0.25) is 0 Å². The molecule has 0 amide bonds. The SMILES string of the molecule is Brc1ccsc1C1NCCc2occc21. The maximum absolute atomic E-state index is 5.47. The Kier molecular flexibility index (Phi) is 2.42. The molecule has 15 heavy (non-hydrogen) atoms. The number of furan rings is 1. The first-order valence-electron chi connectivity index (χ1n) is 4.89. The molecule has 4 heteroatoms. The summed E-state index contributed by atoms with van der Waals surface area (Å²) in [5, 5.41) is 5.63. The molecule has 2 aromatic heterocycles. The van der Waals surface area contributed by atoms with Crippen LogP contribution in [0.4, 0.5) is 0 Å². The minimum atomic E-state index is 0.293. The molecule has 1 aliphatic rings. The summed E-state index contributed by atoms with van der Waals surface area (Å²) in [4.78, 5) is 1.33. The zero-order valence-corrected chi connectivity index (χ0v) is 10.4. The molecule has 1 aliphatic heterocycles. The Labute approximate surface area is 100 Å². The maximum atomic E-state index is 5.47. The second-order valence-electron chi connectivity index (χ2n) is 3.57. The van der Waals surface area contributed by atoms with Gasteiger partial charge in [0.2, 0.25) is 0 Å². The fourth-order valence-electron chi connectivity index (χ4n) is 2.00. The summed E-state index contributed by atoms with van der Waals surface area (Å²) in [6, 6.07) is 4.45. The van der Waals surface area contributed by atoms with Crippen LogP contribution in [-0.2, 0) is 6.42 Å². The minimum absolute atomic E-state index is 0.293. The van der Waals surface area contributed by atoms with Gasteiger partial charge in [0.25, 0.3) is 0 Å². The summed E-state index contributed by atoms with van der Waals surface area (Å²) in [7, 11) is 0. The van der Waals surface area contributed by atoms with Crippen LogP contribution in [0.3, 0.4) is 0 Å². The molecule has 1 N–H and O–H groups in total. The minimum Gasteiger partial charge on any atom is -0.469 e. The van der Waals surface area contributed by atoms with Gasteiger partial charge < -0.3 is 9.73 Å². The Balaban J connectivity index is 2.07. The van der Waals surface area contributed by atoms with Gasteiger partial charge in [-0.25, -0.2) is 0 Å². The number of thiophene rings is 1. The second kappa shape index (κ2) is 3.77. The van der Waals surface area contributed by atoms with Crippen LogP contribution in [0.5, 0.6) is 0 Å². The highest BCUT2D eigenvalue weighted by Crippen LogP contribution is 2.36. The lowest BCUT2D eigenvalue weighted by molar-refractivity contribution is 0.457. The lowest BCUT2D eigenvalue weighted by atomic mass is 10.0. The first-order valence-corrected chi connectivity index (χ1v) is 6.56. The Morgan fingerprint density at radius 3 is 3.20 bits per heavy atom. The highest BCUT2D eigenvalue weighted by atomic mass is 79.9. The first kappa shape index (κ1) is 9.63. The van der Waals surface area contributed by atoms with Crippen molar-refractivity contribution in [3.05, 3.63) is 44.4 Å². The van der Waals surface area contributed by atoms with Crippen molar-refractivity contribution in [1.82, 2.24) is 5.32 Å². The van der Waals surface area contributed by atoms with Gasteiger partial charge in [0.05, 0.1) is 12.3 Å². The van der Waals surface area contributed by atoms with E-state index in [0.717, 1.165) is 18.7 Å². The summed E-state index contributed by atoms with van der Waals surface area (Å²) >= 11 is 5.35. The van der Waals surface area contributed by atoms with E-state index in [-0.39, 0.29) is 0 Å². The first-order chi connectivity index (χ1) is 7.36. The summed E-state index contributed by atoms with van der Waals surface area (Å²) < 4.78 is 6.65. The summed E-state index contributed by atoms with van der Waals surface area (Å²) in [5.41, 5.74) is 1.28. The molecule has 2 nitrogen and oxygen atoms in total. The number of hydrogen-bond donors (Lipinski definition) is 1. The monoisotopic (exact) mass is 283 g/mol. The molecule has 1 atom stereocenters. The van der Waals surface area contributed by atoms with Gasteiger partial charge in [-0.05, 0) is 33.4 Å². The molecule has 3 rings (SSSR count). The van der Waals surface area contributed by atoms with Crippen molar-refractivity contribution in [3.63, 3.8) is 0 Å². The van der Waals surface area contributed by atoms with E-state index < -0.39 is 0 Å². The molecule has 0 fully saturated rings. The van der Waals surface area contributed by atoms with Gasteiger partial charge in [0, 0.05) is 27.9 Å². The predicted octanol–water partition coefficient (Wildman–Crippen LogP) is 3.34. The van der Waals surface area contributed by atoms with Crippen LogP contribution in [0.1, 0.15) is 22.2 Å². The zero-order valence-electron chi connectivity index (χ0n) is 8.00. The number of halogens is 1. The van der Waals surface area contributed by atoms with Crippen molar-refractivity contribution < 1.29 is 4.42 Å². The topological polar surface area (TPSA) is 25.2 Å². The Bertz CT molecular complexity index is 476. The second-order valence-corrected chi connectivity index (χ2v) is 5.37. The quantitative estimate of drug-likeness (QED) is 0.869. The van der Waals surface area contributed by atoms with Crippen molar-refractivity contribution in [2.24, 2.45) is 0 Å². The number of hydrogen-bond acceptors (Lipinski definition) is 3. The van der Waals surface area contributed by atoms with Crippen LogP contribution in [0.25, 0.3) is 0 Å². The smallest absolute Gasteiger partial charge is 0.110 e. The third-order valence-corrected chi connectivity index (χ3v) is 4.63. The van der Waals surface area contributed by atoms with Gasteiger partial charge in [0.15, 0.2) is 0 Å². The predicted molar refractivity (Wildman–Crippen MR) is 64.3 cm³/mol. The molecular weight excluding hydrogens is 274 g/mol. The zero-order chi connectivity index (χ0) is 10.3. The molecule has 78 valence electrons. The summed E-state index contributed by atoms with van der Waals surface area (Å²) in [6.07, 6.45) is 2.77. The third-order valence-electron chi connectivity index (χ3n) is 2.70. The van der Waals surface area contributed by atoms with Crippen LogP contribution < -0.4 is 5.32 Å². The molecule has 1 unspecified atom stereocenters. The molecule has 0 bridgehead atoms. The van der Waals surface area contributed by atoms with Gasteiger partial charge >= 0.3 is 0 Å². The largest absolute Gasteiger partial charge is 0.469 e. The van der Waals surface area contributed by atoms with Crippen molar-refractivity contribution in [1.29, 1.82) is 0 Å². The van der Waals surface area contributed by atoms with Crippen molar-refractivity contribution >= 4 is 27.3 Å². The van der Waals surface area contributed by atoms with E-state index in [1.54, 1.807) is 17.6 Å². The molecule has 0 spiro atoms. The Morgan fingerprint density at radius 1 is 1.47 bits per heavy atom. The average molecular weight is 284 g/mol. The lowest BCUT2D eigenvalue weighted by Crippen LogP contribution is -2.29. The van der Waals surface area contributed by atoms with Crippen molar-refractivity contribution in [2.75, 3.05) is 6.54 Å². The molecular formula is C11H10BrNOS. The van der Waals surface area contributed by atoms with E-state index in [1.165, 1.54) is 14.9 Å². The van der Waals surface area contributed by atoms with E-state index in [2.05, 4.69) is 38.8 Å². The van der Waals surface area contributed by atoms with Crippen LogP contribution in [0, 0.1) is 0 Å². The molecule has 0 radical (unpaired) electrons. The number of nitrogens with one attached hydrogen (secondary N) is 1. The van der Waals surface area contributed by atoms with E-state index in [0.29, 0.717) is 6.04 Å². The molecule has 0 saturated carbocycles. The van der Waals surface area contributed by atoms with Gasteiger partial charge in [-0.1, -0.05) is 0 Å². The third kappa shape index (κ3) is 1.57. The van der Waals surface area contributed by atoms with Crippen molar-refractivity contribution in [3.8, 4) is 0 Å². The molecule has 0 aliphatic carbocycles. The highest BCUT2D eigenvalue weighted by Gasteiger charge is 2.25. The molecule has 0 saturated heterocycles. The summed E-state index contributed by atoms with van der Waals surface area (Å²) in [6.45, 7) is 0.982. The fraction of sp³-hybridized carbons (Fsp3) is 0.273. The standard InChI is InChI=1S/C11H10BrNOS/c12-8-3-6-15-11(8)10-7-2-5-14-9(7)1-4-13-10/h2-3,5-6,10,13H,1,4H2. The van der Waals surface area contributed by atoms with E-state index >= 15 is 0 Å². The van der Waals surface area contributed by atoms with Crippen LogP contribution in [0.2, 0.25) is 0 Å². The van der Waals surface area contributed by atoms with Gasteiger partial charge in [-0.2, -0.15) is 0 Å². The maximum Gasteiger partial charge on any atom is 0.110 e. The molecule has 3 heterocycles. The average Bonchev–Trinajstić information content (AvgIpc) is 2.85. The molecule has 0 aromatic carbocycles. The van der Waals surface area contributed by atoms with Crippen molar-refractivity contribution in [2.45, 2.75) is 12.5 Å². The fourth-order valence-corrected chi connectivity index (χ4v) is 3.69. The van der Waals surface area contributed by atoms with E-state index in [4.69, 9.17) is 4.42 Å². The lowest BCUT2D eigenvalue weighted by Gasteiger charge is -2.22. The number of fused-ring (bicyclic) bond motifs is 1. The van der Waals surface area contributed by atoms with Crippen LogP contribution >= 0.6 is 27.3 Å². The van der Waals surface area contributed by atoms with Crippen LogP contribution in [0.15, 0.2) is 32.7 Å². The highest BCUT2D eigenvalue weighted by molar-refractivity contribution is 9.10.